The van der Waals surface area contributed by atoms with Crippen molar-refractivity contribution in [3.05, 3.63) is 53.4 Å². The Labute approximate surface area is 111 Å². The lowest BCUT2D eigenvalue weighted by molar-refractivity contribution is 0.425. The van der Waals surface area contributed by atoms with Crippen LogP contribution in [-0.2, 0) is 20.0 Å². The monoisotopic (exact) mass is 258 g/mol. The van der Waals surface area contributed by atoms with Crippen molar-refractivity contribution in [3.63, 3.8) is 0 Å². The number of imidazole rings is 1. The number of aryl methyl sites for hydroxylation is 1. The highest BCUT2D eigenvalue weighted by Crippen LogP contribution is 2.23. The normalized spacial score (nSPS) is 14.0. The van der Waals surface area contributed by atoms with Gasteiger partial charge < -0.3 is 9.47 Å². The molecule has 1 aromatic carbocycles. The summed E-state index contributed by atoms with van der Waals surface area (Å²) < 4.78 is 15.2. The van der Waals surface area contributed by atoms with E-state index in [9.17, 15) is 4.39 Å². The molecular weight excluding hydrogens is 243 g/mol. The lowest BCUT2D eigenvalue weighted by Crippen LogP contribution is -2.27. The highest BCUT2D eigenvalue weighted by atomic mass is 19.1. The smallest absolute Gasteiger partial charge is 0.128 e. The molecule has 0 amide bonds. The SMILES string of the molecule is Cn1ccnc1CCN1Cc2ccc(F)cc2C1=N. The van der Waals surface area contributed by atoms with Crippen LogP contribution in [0.2, 0.25) is 0 Å². The number of aromatic nitrogens is 2. The highest BCUT2D eigenvalue weighted by Gasteiger charge is 2.24. The molecule has 0 spiro atoms. The van der Waals surface area contributed by atoms with E-state index in [0.717, 1.165) is 24.4 Å². The van der Waals surface area contributed by atoms with E-state index >= 15 is 0 Å². The third kappa shape index (κ3) is 2.12. The van der Waals surface area contributed by atoms with Gasteiger partial charge in [0.05, 0.1) is 0 Å². The van der Waals surface area contributed by atoms with Gasteiger partial charge in [0.25, 0.3) is 0 Å². The van der Waals surface area contributed by atoms with Crippen molar-refractivity contribution < 1.29 is 4.39 Å². The van der Waals surface area contributed by atoms with E-state index in [1.807, 2.05) is 22.7 Å². The lowest BCUT2D eigenvalue weighted by atomic mass is 10.1. The van der Waals surface area contributed by atoms with Crippen LogP contribution in [0, 0.1) is 11.2 Å². The van der Waals surface area contributed by atoms with E-state index in [1.54, 1.807) is 12.3 Å². The summed E-state index contributed by atoms with van der Waals surface area (Å²) in [7, 11) is 1.96. The van der Waals surface area contributed by atoms with Gasteiger partial charge in [-0.3, -0.25) is 5.41 Å². The molecular formula is C14H15FN4. The Kier molecular flexibility index (Phi) is 2.81. The average Bonchev–Trinajstić information content (AvgIpc) is 2.93. The fourth-order valence-electron chi connectivity index (χ4n) is 2.43. The molecule has 0 unspecified atom stereocenters. The first-order valence-corrected chi connectivity index (χ1v) is 6.23. The van der Waals surface area contributed by atoms with Crippen molar-refractivity contribution >= 4 is 5.84 Å². The van der Waals surface area contributed by atoms with Gasteiger partial charge in [0.2, 0.25) is 0 Å². The second kappa shape index (κ2) is 4.50. The first-order valence-electron chi connectivity index (χ1n) is 6.23. The zero-order valence-corrected chi connectivity index (χ0v) is 10.7. The Hall–Kier alpha value is -2.17. The maximum atomic E-state index is 13.2. The van der Waals surface area contributed by atoms with Crippen LogP contribution in [-0.4, -0.2) is 26.8 Å². The summed E-state index contributed by atoms with van der Waals surface area (Å²) in [4.78, 5) is 6.23. The summed E-state index contributed by atoms with van der Waals surface area (Å²) in [5, 5.41) is 8.10. The molecule has 4 nitrogen and oxygen atoms in total. The van der Waals surface area contributed by atoms with Gasteiger partial charge in [-0.05, 0) is 17.7 Å². The van der Waals surface area contributed by atoms with Crippen LogP contribution in [0.4, 0.5) is 4.39 Å². The fraction of sp³-hybridized carbons (Fsp3) is 0.286. The minimum atomic E-state index is -0.283. The summed E-state index contributed by atoms with van der Waals surface area (Å²) >= 11 is 0. The molecule has 0 aliphatic carbocycles. The molecule has 0 fully saturated rings. The zero-order valence-electron chi connectivity index (χ0n) is 10.7. The number of hydrogen-bond donors (Lipinski definition) is 1. The molecule has 0 saturated carbocycles. The van der Waals surface area contributed by atoms with Crippen LogP contribution in [0.1, 0.15) is 17.0 Å². The van der Waals surface area contributed by atoms with Crippen LogP contribution in [0.5, 0.6) is 0 Å². The van der Waals surface area contributed by atoms with Gasteiger partial charge >= 0.3 is 0 Å². The summed E-state index contributed by atoms with van der Waals surface area (Å²) in [6, 6.07) is 4.66. The summed E-state index contributed by atoms with van der Waals surface area (Å²) in [5.74, 6) is 1.12. The van der Waals surface area contributed by atoms with E-state index in [2.05, 4.69) is 4.98 Å². The van der Waals surface area contributed by atoms with Crippen LogP contribution in [0.3, 0.4) is 0 Å². The van der Waals surface area contributed by atoms with E-state index < -0.39 is 0 Å². The Morgan fingerprint density at radius 2 is 2.26 bits per heavy atom. The van der Waals surface area contributed by atoms with Crippen LogP contribution < -0.4 is 0 Å². The minimum Gasteiger partial charge on any atom is -0.352 e. The van der Waals surface area contributed by atoms with Crippen molar-refractivity contribution in [2.75, 3.05) is 6.54 Å². The number of benzene rings is 1. The van der Waals surface area contributed by atoms with Gasteiger partial charge in [-0.15, -0.1) is 0 Å². The molecule has 1 aliphatic heterocycles. The minimum absolute atomic E-state index is 0.283. The largest absolute Gasteiger partial charge is 0.352 e. The number of amidine groups is 1. The number of fused-ring (bicyclic) bond motifs is 1. The molecule has 98 valence electrons. The second-order valence-electron chi connectivity index (χ2n) is 4.78. The first-order chi connectivity index (χ1) is 9.15. The van der Waals surface area contributed by atoms with E-state index in [-0.39, 0.29) is 5.82 Å². The summed E-state index contributed by atoms with van der Waals surface area (Å²) in [5.41, 5.74) is 1.73. The molecule has 0 radical (unpaired) electrons. The fourth-order valence-corrected chi connectivity index (χ4v) is 2.43. The van der Waals surface area contributed by atoms with Crippen LogP contribution in [0.25, 0.3) is 0 Å². The van der Waals surface area contributed by atoms with Gasteiger partial charge in [0.1, 0.15) is 17.5 Å². The second-order valence-corrected chi connectivity index (χ2v) is 4.78. The van der Waals surface area contributed by atoms with Crippen molar-refractivity contribution in [1.29, 1.82) is 5.41 Å². The van der Waals surface area contributed by atoms with Crippen molar-refractivity contribution in [2.24, 2.45) is 7.05 Å². The predicted molar refractivity (Wildman–Crippen MR) is 70.6 cm³/mol. The zero-order chi connectivity index (χ0) is 13.4. The first kappa shape index (κ1) is 11.9. The molecule has 0 saturated heterocycles. The molecule has 0 bridgehead atoms. The van der Waals surface area contributed by atoms with Crippen molar-refractivity contribution in [1.82, 2.24) is 14.5 Å². The molecule has 2 aromatic rings. The maximum absolute atomic E-state index is 13.2. The molecule has 19 heavy (non-hydrogen) atoms. The van der Waals surface area contributed by atoms with E-state index in [0.29, 0.717) is 17.9 Å². The van der Waals surface area contributed by atoms with Gasteiger partial charge in [-0.1, -0.05) is 6.07 Å². The number of nitrogens with one attached hydrogen (secondary N) is 1. The summed E-state index contributed by atoms with van der Waals surface area (Å²) in [6.07, 6.45) is 4.46. The van der Waals surface area contributed by atoms with Gasteiger partial charge in [-0.2, -0.15) is 0 Å². The van der Waals surface area contributed by atoms with Gasteiger partial charge in [0.15, 0.2) is 0 Å². The predicted octanol–water partition coefficient (Wildman–Crippen LogP) is 1.94. The molecule has 0 atom stereocenters. The molecule has 2 heterocycles. The molecule has 5 heteroatoms. The van der Waals surface area contributed by atoms with Crippen LogP contribution >= 0.6 is 0 Å². The van der Waals surface area contributed by atoms with Gasteiger partial charge in [-0.25, -0.2) is 9.37 Å². The number of rotatable bonds is 3. The Bertz CT molecular complexity index is 632. The van der Waals surface area contributed by atoms with E-state index in [4.69, 9.17) is 5.41 Å². The highest BCUT2D eigenvalue weighted by molar-refractivity contribution is 6.00. The lowest BCUT2D eigenvalue weighted by Gasteiger charge is -2.17. The Balaban J connectivity index is 1.72. The molecule has 1 N–H and O–H groups in total. The third-order valence-electron chi connectivity index (χ3n) is 3.53. The van der Waals surface area contributed by atoms with Crippen molar-refractivity contribution in [2.45, 2.75) is 13.0 Å². The standard InChI is InChI=1S/C14H15FN4/c1-18-7-5-17-13(18)4-6-19-9-10-2-3-11(15)8-12(10)14(19)16/h2-3,5,7-8,16H,4,6,9H2,1H3. The molecule has 1 aromatic heterocycles. The number of nitrogens with zero attached hydrogens (tertiary/aromatic N) is 3. The third-order valence-corrected chi connectivity index (χ3v) is 3.53. The van der Waals surface area contributed by atoms with Crippen LogP contribution in [0.15, 0.2) is 30.6 Å². The topological polar surface area (TPSA) is 44.9 Å². The average molecular weight is 258 g/mol. The summed E-state index contributed by atoms with van der Waals surface area (Å²) in [6.45, 7) is 1.40. The quantitative estimate of drug-likeness (QED) is 0.914. The number of hydrogen-bond acceptors (Lipinski definition) is 2. The molecule has 1 aliphatic rings. The van der Waals surface area contributed by atoms with E-state index in [1.165, 1.54) is 12.1 Å². The Morgan fingerprint density at radius 3 is 3.00 bits per heavy atom. The maximum Gasteiger partial charge on any atom is 0.128 e. The van der Waals surface area contributed by atoms with Crippen molar-refractivity contribution in [3.8, 4) is 0 Å². The van der Waals surface area contributed by atoms with Gasteiger partial charge in [0, 0.05) is 44.5 Å². The molecule has 3 rings (SSSR count). The number of halogens is 1. The Morgan fingerprint density at radius 1 is 1.42 bits per heavy atom.